The van der Waals surface area contributed by atoms with Gasteiger partial charge in [-0.2, -0.15) is 23.5 Å². The van der Waals surface area contributed by atoms with E-state index in [0.29, 0.717) is 12.1 Å². The van der Waals surface area contributed by atoms with Crippen LogP contribution < -0.4 is 5.32 Å². The Hall–Kier alpha value is -2.96. The lowest BCUT2D eigenvalue weighted by molar-refractivity contribution is -0.155. The molecule has 2 rings (SSSR count). The summed E-state index contributed by atoms with van der Waals surface area (Å²) in [6.07, 6.45) is -3.01. The van der Waals surface area contributed by atoms with Crippen molar-refractivity contribution in [1.82, 2.24) is 15.1 Å². The molecule has 1 aromatic carbocycles. The molecule has 0 spiro atoms. The predicted molar refractivity (Wildman–Crippen MR) is 70.5 cm³/mol. The first kappa shape index (κ1) is 17.4. The first-order valence-electron chi connectivity index (χ1n) is 6.38. The Morgan fingerprint density at radius 3 is 2.33 bits per heavy atom. The molecule has 1 aromatic heterocycles. The Kier molecular flexibility index (Phi) is 4.54. The molecule has 0 aliphatic carbocycles. The number of alkyl halides is 3. The summed E-state index contributed by atoms with van der Waals surface area (Å²) in [5.41, 5.74) is -2.00. The quantitative estimate of drug-likeness (QED) is 0.870. The highest BCUT2D eigenvalue weighted by molar-refractivity contribution is 5.95. The van der Waals surface area contributed by atoms with E-state index in [1.165, 1.54) is 13.1 Å². The lowest BCUT2D eigenvalue weighted by Crippen LogP contribution is -2.38. The summed E-state index contributed by atoms with van der Waals surface area (Å²) >= 11 is 0. The molecule has 126 valence electrons. The van der Waals surface area contributed by atoms with Crippen molar-refractivity contribution in [3.8, 4) is 6.07 Å². The molecule has 1 heterocycles. The minimum absolute atomic E-state index is 0.396. The van der Waals surface area contributed by atoms with Crippen molar-refractivity contribution >= 4 is 5.91 Å². The van der Waals surface area contributed by atoms with Crippen LogP contribution in [0, 0.1) is 23.0 Å². The second kappa shape index (κ2) is 6.27. The molecular weight excluding hydrogens is 335 g/mol. The van der Waals surface area contributed by atoms with Crippen LogP contribution in [0.3, 0.4) is 0 Å². The number of aryl methyl sites for hydroxylation is 1. The third kappa shape index (κ3) is 3.51. The van der Waals surface area contributed by atoms with E-state index in [2.05, 4.69) is 5.10 Å². The molecule has 0 saturated carbocycles. The minimum Gasteiger partial charge on any atom is -0.336 e. The first-order valence-corrected chi connectivity index (χ1v) is 6.38. The zero-order valence-corrected chi connectivity index (χ0v) is 12.0. The lowest BCUT2D eigenvalue weighted by atomic mass is 10.1. The van der Waals surface area contributed by atoms with Crippen molar-refractivity contribution in [3.05, 3.63) is 52.9 Å². The number of rotatable bonds is 3. The SMILES string of the molecule is Cn1cc([C@H](NC(=O)c2c(F)cc(C#N)cc2F)C(F)(F)F)cn1. The van der Waals surface area contributed by atoms with Gasteiger partial charge in [0.1, 0.15) is 17.2 Å². The Morgan fingerprint density at radius 2 is 1.92 bits per heavy atom. The Labute approximate surface area is 132 Å². The lowest BCUT2D eigenvalue weighted by Gasteiger charge is -2.20. The minimum atomic E-state index is -4.90. The zero-order valence-electron chi connectivity index (χ0n) is 12.0. The van der Waals surface area contributed by atoms with Crippen LogP contribution in [0.2, 0.25) is 0 Å². The smallest absolute Gasteiger partial charge is 0.336 e. The van der Waals surface area contributed by atoms with Crippen molar-refractivity contribution in [2.24, 2.45) is 7.05 Å². The largest absolute Gasteiger partial charge is 0.413 e. The fourth-order valence-electron chi connectivity index (χ4n) is 2.00. The van der Waals surface area contributed by atoms with Crippen molar-refractivity contribution in [2.45, 2.75) is 12.2 Å². The molecule has 0 unspecified atom stereocenters. The van der Waals surface area contributed by atoms with Crippen LogP contribution in [-0.4, -0.2) is 21.9 Å². The van der Waals surface area contributed by atoms with Gasteiger partial charge in [-0.1, -0.05) is 0 Å². The van der Waals surface area contributed by atoms with E-state index in [9.17, 15) is 26.7 Å². The highest BCUT2D eigenvalue weighted by atomic mass is 19.4. The monoisotopic (exact) mass is 344 g/mol. The number of hydrogen-bond acceptors (Lipinski definition) is 3. The molecule has 1 atom stereocenters. The first-order chi connectivity index (χ1) is 11.1. The molecule has 5 nitrogen and oxygen atoms in total. The molecule has 0 aliphatic rings. The van der Waals surface area contributed by atoms with Gasteiger partial charge < -0.3 is 5.32 Å². The number of aromatic nitrogens is 2. The molecule has 2 aromatic rings. The summed E-state index contributed by atoms with van der Waals surface area (Å²) in [5, 5.41) is 13.7. The van der Waals surface area contributed by atoms with Gasteiger partial charge in [0.15, 0.2) is 6.04 Å². The maximum Gasteiger partial charge on any atom is 0.413 e. The molecular formula is C14H9F5N4O. The summed E-state index contributed by atoms with van der Waals surface area (Å²) < 4.78 is 68.0. The van der Waals surface area contributed by atoms with Gasteiger partial charge >= 0.3 is 6.18 Å². The average Bonchev–Trinajstić information content (AvgIpc) is 2.88. The number of nitrogens with zero attached hydrogens (tertiary/aromatic N) is 3. The average molecular weight is 344 g/mol. The van der Waals surface area contributed by atoms with Gasteiger partial charge in [0.2, 0.25) is 0 Å². The summed E-state index contributed by atoms with van der Waals surface area (Å²) in [6, 6.07) is 0.0936. The second-order valence-electron chi connectivity index (χ2n) is 4.82. The van der Waals surface area contributed by atoms with E-state index < -0.39 is 46.5 Å². The van der Waals surface area contributed by atoms with E-state index in [4.69, 9.17) is 5.26 Å². The number of carbonyl (C=O) groups is 1. The number of hydrogen-bond donors (Lipinski definition) is 1. The highest BCUT2D eigenvalue weighted by Gasteiger charge is 2.43. The molecule has 10 heteroatoms. The maximum atomic E-state index is 13.8. The number of amides is 1. The molecule has 0 bridgehead atoms. The van der Waals surface area contributed by atoms with E-state index in [-0.39, 0.29) is 0 Å². The van der Waals surface area contributed by atoms with Crippen molar-refractivity contribution in [2.75, 3.05) is 0 Å². The van der Waals surface area contributed by atoms with Crippen molar-refractivity contribution < 1.29 is 26.7 Å². The van der Waals surface area contributed by atoms with Crippen LogP contribution in [0.15, 0.2) is 24.5 Å². The van der Waals surface area contributed by atoms with Crippen LogP contribution in [0.4, 0.5) is 22.0 Å². The zero-order chi connectivity index (χ0) is 18.1. The van der Waals surface area contributed by atoms with Gasteiger partial charge in [0.25, 0.3) is 5.91 Å². The van der Waals surface area contributed by atoms with Gasteiger partial charge in [-0.15, -0.1) is 0 Å². The van der Waals surface area contributed by atoms with E-state index >= 15 is 0 Å². The molecule has 24 heavy (non-hydrogen) atoms. The molecule has 1 amide bonds. The van der Waals surface area contributed by atoms with Crippen LogP contribution in [0.5, 0.6) is 0 Å². The predicted octanol–water partition coefficient (Wildman–Crippen LogP) is 2.60. The van der Waals surface area contributed by atoms with E-state index in [1.807, 2.05) is 0 Å². The number of nitriles is 1. The summed E-state index contributed by atoms with van der Waals surface area (Å²) in [4.78, 5) is 11.9. The standard InChI is InChI=1S/C14H9F5N4O/c1-23-6-8(5-21-23)12(14(17,18)19)22-13(24)11-9(15)2-7(4-20)3-10(11)16/h2-3,5-6,12H,1H3,(H,22,24)/t12-/m0/s1. The van der Waals surface area contributed by atoms with E-state index in [0.717, 1.165) is 17.1 Å². The van der Waals surface area contributed by atoms with Gasteiger partial charge in [0, 0.05) is 18.8 Å². The molecule has 0 saturated heterocycles. The molecule has 0 fully saturated rings. The molecule has 1 N–H and O–H groups in total. The fourth-order valence-corrected chi connectivity index (χ4v) is 2.00. The Bertz CT molecular complexity index is 798. The van der Waals surface area contributed by atoms with Gasteiger partial charge in [-0.25, -0.2) is 8.78 Å². The van der Waals surface area contributed by atoms with Crippen LogP contribution in [-0.2, 0) is 7.05 Å². The third-order valence-electron chi connectivity index (χ3n) is 3.06. The molecule has 0 radical (unpaired) electrons. The van der Waals surface area contributed by atoms with E-state index in [1.54, 1.807) is 5.32 Å². The number of benzene rings is 1. The van der Waals surface area contributed by atoms with Gasteiger partial charge in [-0.05, 0) is 12.1 Å². The number of nitrogens with one attached hydrogen (secondary N) is 1. The van der Waals surface area contributed by atoms with Crippen LogP contribution >= 0.6 is 0 Å². The van der Waals surface area contributed by atoms with Gasteiger partial charge in [-0.3, -0.25) is 9.48 Å². The Balaban J connectivity index is 2.38. The summed E-state index contributed by atoms with van der Waals surface area (Å²) in [6.45, 7) is 0. The van der Waals surface area contributed by atoms with Crippen LogP contribution in [0.1, 0.15) is 27.5 Å². The molecule has 0 aliphatic heterocycles. The van der Waals surface area contributed by atoms with Crippen molar-refractivity contribution in [1.29, 1.82) is 5.26 Å². The number of halogens is 5. The topological polar surface area (TPSA) is 70.7 Å². The van der Waals surface area contributed by atoms with Gasteiger partial charge in [0.05, 0.1) is 17.8 Å². The normalized spacial score (nSPS) is 12.5. The third-order valence-corrected chi connectivity index (χ3v) is 3.06. The van der Waals surface area contributed by atoms with Crippen LogP contribution in [0.25, 0.3) is 0 Å². The summed E-state index contributed by atoms with van der Waals surface area (Å²) in [5.74, 6) is -4.46. The fraction of sp³-hybridized carbons (Fsp3) is 0.214. The highest BCUT2D eigenvalue weighted by Crippen LogP contribution is 2.33. The Morgan fingerprint density at radius 1 is 1.33 bits per heavy atom. The second-order valence-corrected chi connectivity index (χ2v) is 4.82. The summed E-state index contributed by atoms with van der Waals surface area (Å²) in [7, 11) is 1.37. The van der Waals surface area contributed by atoms with Crippen molar-refractivity contribution in [3.63, 3.8) is 0 Å². The maximum absolute atomic E-state index is 13.8. The number of carbonyl (C=O) groups excluding carboxylic acids is 1.